The van der Waals surface area contributed by atoms with Crippen LogP contribution in [0.2, 0.25) is 0 Å². The topological polar surface area (TPSA) is 53.7 Å². The van der Waals surface area contributed by atoms with Crippen molar-refractivity contribution in [2.24, 2.45) is 4.99 Å². The Balaban J connectivity index is 1.39. The van der Waals surface area contributed by atoms with Gasteiger partial charge in [-0.05, 0) is 36.5 Å². The zero-order valence-electron chi connectivity index (χ0n) is 21.1. The number of amides is 1. The van der Waals surface area contributed by atoms with Crippen molar-refractivity contribution in [3.8, 4) is 0 Å². The summed E-state index contributed by atoms with van der Waals surface area (Å²) < 4.78 is 2.25. The first kappa shape index (κ1) is 23.2. The number of aromatic nitrogens is 2. The van der Waals surface area contributed by atoms with Crippen LogP contribution in [0.3, 0.4) is 0 Å². The molecule has 6 heteroatoms. The average molecular weight is 490 g/mol. The van der Waals surface area contributed by atoms with Crippen molar-refractivity contribution in [3.63, 3.8) is 0 Å². The number of hydrogen-bond donors (Lipinski definition) is 0. The summed E-state index contributed by atoms with van der Waals surface area (Å²) in [6, 6.07) is 31.4. The first-order chi connectivity index (χ1) is 18.2. The summed E-state index contributed by atoms with van der Waals surface area (Å²) >= 11 is 0. The molecule has 4 aromatic rings. The predicted molar refractivity (Wildman–Crippen MR) is 147 cm³/mol. The van der Waals surface area contributed by atoms with Crippen LogP contribution in [0.25, 0.3) is 0 Å². The molecule has 0 spiro atoms. The van der Waals surface area contributed by atoms with Gasteiger partial charge in [-0.15, -0.1) is 0 Å². The summed E-state index contributed by atoms with van der Waals surface area (Å²) in [5.41, 5.74) is 4.25. The first-order valence-corrected chi connectivity index (χ1v) is 13.1. The van der Waals surface area contributed by atoms with Gasteiger partial charge >= 0.3 is 0 Å². The smallest absolute Gasteiger partial charge is 0.283 e. The summed E-state index contributed by atoms with van der Waals surface area (Å²) in [5.74, 6) is 2.52. The average Bonchev–Trinajstić information content (AvgIpc) is 3.51. The molecular weight excluding hydrogens is 458 g/mol. The van der Waals surface area contributed by atoms with E-state index in [1.807, 2.05) is 25.1 Å². The van der Waals surface area contributed by atoms with Crippen LogP contribution in [0.5, 0.6) is 0 Å². The normalized spacial score (nSPS) is 16.5. The van der Waals surface area contributed by atoms with Crippen LogP contribution in [0.1, 0.15) is 39.9 Å². The van der Waals surface area contributed by atoms with Crippen molar-refractivity contribution in [1.29, 1.82) is 0 Å². The highest BCUT2D eigenvalue weighted by Gasteiger charge is 2.43. The highest BCUT2D eigenvalue weighted by Crippen LogP contribution is 2.34. The van der Waals surface area contributed by atoms with Gasteiger partial charge in [-0.1, -0.05) is 91.0 Å². The Morgan fingerprint density at radius 3 is 2.08 bits per heavy atom. The molecule has 6 rings (SSSR count). The minimum Gasteiger partial charge on any atom is -0.309 e. The number of aliphatic imine (C=N–C) groups is 1. The summed E-state index contributed by atoms with van der Waals surface area (Å²) in [7, 11) is 0. The molecule has 0 aliphatic carbocycles. The van der Waals surface area contributed by atoms with Crippen molar-refractivity contribution in [1.82, 2.24) is 14.5 Å². The zero-order valence-corrected chi connectivity index (χ0v) is 21.1. The molecule has 3 aromatic carbocycles. The molecule has 1 aromatic heterocycles. The van der Waals surface area contributed by atoms with Gasteiger partial charge in [0.15, 0.2) is 5.69 Å². The van der Waals surface area contributed by atoms with Crippen molar-refractivity contribution in [3.05, 3.63) is 119 Å². The molecule has 0 N–H and O–H groups in total. The Morgan fingerprint density at radius 2 is 1.43 bits per heavy atom. The van der Waals surface area contributed by atoms with Crippen LogP contribution in [0.4, 0.5) is 5.82 Å². The molecule has 2 aliphatic rings. The molecule has 0 saturated carbocycles. The van der Waals surface area contributed by atoms with Crippen LogP contribution in [0.15, 0.2) is 96.0 Å². The quantitative estimate of drug-likeness (QED) is 0.351. The molecule has 2 aliphatic heterocycles. The van der Waals surface area contributed by atoms with E-state index < -0.39 is 0 Å². The number of rotatable bonds is 8. The largest absolute Gasteiger partial charge is 0.309 e. The Hall–Kier alpha value is -4.19. The number of guanidine groups is 1. The molecule has 0 fully saturated rings. The monoisotopic (exact) mass is 489 g/mol. The minimum absolute atomic E-state index is 0.0550. The lowest BCUT2D eigenvalue weighted by atomic mass is 10.1. The molecule has 0 bridgehead atoms. The number of hydrogen-bond acceptors (Lipinski definition) is 4. The highest BCUT2D eigenvalue weighted by molar-refractivity contribution is 6.18. The van der Waals surface area contributed by atoms with Gasteiger partial charge in [0.1, 0.15) is 11.6 Å². The van der Waals surface area contributed by atoms with E-state index in [-0.39, 0.29) is 11.9 Å². The number of anilines is 1. The number of fused-ring (bicyclic) bond motifs is 3. The highest BCUT2D eigenvalue weighted by atomic mass is 16.2. The molecule has 37 heavy (non-hydrogen) atoms. The number of aryl methyl sites for hydroxylation is 2. The maximum Gasteiger partial charge on any atom is 0.283 e. The lowest BCUT2D eigenvalue weighted by Gasteiger charge is -2.33. The van der Waals surface area contributed by atoms with Gasteiger partial charge < -0.3 is 4.57 Å². The first-order valence-electron chi connectivity index (χ1n) is 13.1. The van der Waals surface area contributed by atoms with E-state index in [4.69, 9.17) is 9.98 Å². The number of carbonyl (C=O) groups excluding carboxylic acids is 1. The molecule has 0 radical (unpaired) electrons. The number of carbonyl (C=O) groups is 1. The van der Waals surface area contributed by atoms with Crippen molar-refractivity contribution in [2.45, 2.75) is 38.8 Å². The third kappa shape index (κ3) is 4.55. The van der Waals surface area contributed by atoms with E-state index >= 15 is 0 Å². The molecule has 1 atom stereocenters. The van der Waals surface area contributed by atoms with Gasteiger partial charge in [0, 0.05) is 13.0 Å². The third-order valence-corrected chi connectivity index (χ3v) is 7.19. The van der Waals surface area contributed by atoms with Crippen molar-refractivity contribution < 1.29 is 4.79 Å². The molecule has 6 nitrogen and oxygen atoms in total. The maximum atomic E-state index is 13.7. The van der Waals surface area contributed by atoms with Crippen LogP contribution in [-0.4, -0.2) is 45.4 Å². The third-order valence-electron chi connectivity index (χ3n) is 7.19. The Morgan fingerprint density at radius 1 is 0.811 bits per heavy atom. The lowest BCUT2D eigenvalue weighted by Crippen LogP contribution is -2.50. The second kappa shape index (κ2) is 10.1. The SMILES string of the molecule is CCN1C(=O)c2nc(CCc3ccccc3)n(Cc3ccccc3)c2N2C[C@@H](Cc3ccccc3)N=C12. The second-order valence-corrected chi connectivity index (χ2v) is 9.69. The predicted octanol–water partition coefficient (Wildman–Crippen LogP) is 4.98. The van der Waals surface area contributed by atoms with Crippen LogP contribution < -0.4 is 4.90 Å². The van der Waals surface area contributed by atoms with Gasteiger partial charge in [-0.3, -0.25) is 14.6 Å². The fourth-order valence-electron chi connectivity index (χ4n) is 5.39. The summed E-state index contributed by atoms with van der Waals surface area (Å²) in [5, 5.41) is 0. The van der Waals surface area contributed by atoms with Gasteiger partial charge in [0.2, 0.25) is 5.96 Å². The second-order valence-electron chi connectivity index (χ2n) is 9.69. The van der Waals surface area contributed by atoms with E-state index in [2.05, 4.69) is 82.3 Å². The van der Waals surface area contributed by atoms with Gasteiger partial charge in [-0.25, -0.2) is 9.98 Å². The summed E-state index contributed by atoms with van der Waals surface area (Å²) in [6.07, 6.45) is 2.47. The van der Waals surface area contributed by atoms with Gasteiger partial charge in [-0.2, -0.15) is 0 Å². The molecular formula is C31H31N5O. The van der Waals surface area contributed by atoms with Gasteiger partial charge in [0.25, 0.3) is 5.91 Å². The van der Waals surface area contributed by atoms with Crippen molar-refractivity contribution >= 4 is 17.7 Å². The fraction of sp³-hybridized carbons (Fsp3) is 0.258. The van der Waals surface area contributed by atoms with Gasteiger partial charge in [0.05, 0.1) is 19.1 Å². The van der Waals surface area contributed by atoms with E-state index in [0.29, 0.717) is 18.8 Å². The Labute approximate surface area is 217 Å². The van der Waals surface area contributed by atoms with E-state index in [9.17, 15) is 4.79 Å². The number of benzene rings is 3. The van der Waals surface area contributed by atoms with Crippen LogP contribution in [-0.2, 0) is 25.8 Å². The number of imidazole rings is 1. The Bertz CT molecular complexity index is 1410. The lowest BCUT2D eigenvalue weighted by molar-refractivity contribution is 0.0841. The molecule has 0 saturated heterocycles. The molecule has 186 valence electrons. The van der Waals surface area contributed by atoms with Crippen LogP contribution >= 0.6 is 0 Å². The fourth-order valence-corrected chi connectivity index (χ4v) is 5.39. The number of nitrogens with zero attached hydrogens (tertiary/aromatic N) is 5. The minimum atomic E-state index is -0.0550. The molecule has 0 unspecified atom stereocenters. The van der Waals surface area contributed by atoms with Crippen molar-refractivity contribution in [2.75, 3.05) is 18.0 Å². The standard InChI is InChI=1S/C31H31N5O/c1-2-34-30(37)28-29(36-22-26(32-31(34)36)20-24-14-8-4-9-15-24)35(21-25-16-10-5-11-17-25)27(33-28)19-18-23-12-6-3-7-13-23/h3-17,26H,2,18-22H2,1H3/t26-/m1/s1. The summed E-state index contributed by atoms with van der Waals surface area (Å²) in [4.78, 5) is 27.8. The Kier molecular flexibility index (Phi) is 6.31. The molecule has 1 amide bonds. The van der Waals surface area contributed by atoms with E-state index in [1.54, 1.807) is 4.90 Å². The maximum absolute atomic E-state index is 13.7. The molecule has 3 heterocycles. The zero-order chi connectivity index (χ0) is 25.2. The van der Waals surface area contributed by atoms with E-state index in [1.165, 1.54) is 16.7 Å². The summed E-state index contributed by atoms with van der Waals surface area (Å²) in [6.45, 7) is 3.97. The van der Waals surface area contributed by atoms with E-state index in [0.717, 1.165) is 43.4 Å². The van der Waals surface area contributed by atoms with Crippen LogP contribution in [0, 0.1) is 0 Å².